The van der Waals surface area contributed by atoms with Gasteiger partial charge in [0.25, 0.3) is 0 Å². The molecule has 0 bridgehead atoms. The Bertz CT molecular complexity index is 1630. The van der Waals surface area contributed by atoms with Crippen LogP contribution in [-0.4, -0.2) is 17.1 Å². The maximum Gasteiger partial charge on any atom is 0.180 e. The first-order valence-electron chi connectivity index (χ1n) is 10.8. The fourth-order valence-electron chi connectivity index (χ4n) is 3.96. The molecule has 0 aliphatic heterocycles. The number of ether oxygens (including phenoxy) is 2. The summed E-state index contributed by atoms with van der Waals surface area (Å²) >= 11 is 6.57. The van der Waals surface area contributed by atoms with Gasteiger partial charge in [0.2, 0.25) is 0 Å². The number of benzene rings is 4. The highest BCUT2D eigenvalue weighted by Gasteiger charge is 2.14. The average Bonchev–Trinajstić information content (AvgIpc) is 3.29. The zero-order valence-corrected chi connectivity index (χ0v) is 19.4. The van der Waals surface area contributed by atoms with E-state index in [0.717, 1.165) is 16.3 Å². The van der Waals surface area contributed by atoms with Gasteiger partial charge in [0.1, 0.15) is 24.3 Å². The highest BCUT2D eigenvalue weighted by atomic mass is 35.5. The summed E-state index contributed by atoms with van der Waals surface area (Å²) < 4.78 is 25.1. The van der Waals surface area contributed by atoms with Crippen molar-refractivity contribution >= 4 is 45.1 Å². The molecule has 1 heterocycles. The Morgan fingerprint density at radius 3 is 2.77 bits per heavy atom. The first-order chi connectivity index (χ1) is 17.1. The molecule has 0 spiro atoms. The van der Waals surface area contributed by atoms with Gasteiger partial charge < -0.3 is 14.5 Å². The number of nitrogens with zero attached hydrogens (tertiary/aromatic N) is 2. The van der Waals surface area contributed by atoms with Crippen molar-refractivity contribution < 1.29 is 13.9 Å². The summed E-state index contributed by atoms with van der Waals surface area (Å²) in [5, 5.41) is 12.3. The molecular weight excluding hydrogens is 465 g/mol. The number of H-pyrrole nitrogens is 1. The van der Waals surface area contributed by atoms with Crippen molar-refractivity contribution in [3.63, 3.8) is 0 Å². The number of hydrogen-bond donors (Lipinski definition) is 1. The monoisotopic (exact) mass is 483 g/mol. The smallest absolute Gasteiger partial charge is 0.180 e. The van der Waals surface area contributed by atoms with Gasteiger partial charge in [0, 0.05) is 0 Å². The lowest BCUT2D eigenvalue weighted by Gasteiger charge is -2.14. The Morgan fingerprint density at radius 1 is 1.11 bits per heavy atom. The van der Waals surface area contributed by atoms with E-state index in [2.05, 4.69) is 34.2 Å². The standard InChI is InChI=1S/C28H19ClFN3O2/c1-34-26-13-17(11-20(15-31)28-32-24-10-9-21(30)14-25(24)33-28)12-23(29)27(26)35-16-19-7-4-6-18-5-2-3-8-22(18)19/h2-14H,16H2,1H3,(H,32,33)/b20-11-. The van der Waals surface area contributed by atoms with Crippen LogP contribution in [0.2, 0.25) is 5.02 Å². The number of aromatic amines is 1. The largest absolute Gasteiger partial charge is 0.493 e. The number of hydrogen-bond acceptors (Lipinski definition) is 4. The van der Waals surface area contributed by atoms with Crippen molar-refractivity contribution in [2.75, 3.05) is 7.11 Å². The van der Waals surface area contributed by atoms with Crippen molar-refractivity contribution in [3.8, 4) is 17.6 Å². The Hall–Kier alpha value is -4.34. The van der Waals surface area contributed by atoms with Crippen LogP contribution in [0.1, 0.15) is 17.0 Å². The number of nitriles is 1. The molecule has 0 unspecified atom stereocenters. The van der Waals surface area contributed by atoms with Crippen LogP contribution >= 0.6 is 11.6 Å². The van der Waals surface area contributed by atoms with Gasteiger partial charge in [-0.3, -0.25) is 0 Å². The van der Waals surface area contributed by atoms with Gasteiger partial charge in [0.15, 0.2) is 11.5 Å². The maximum atomic E-state index is 13.5. The van der Waals surface area contributed by atoms with E-state index in [1.54, 1.807) is 24.3 Å². The molecule has 0 aliphatic carbocycles. The molecule has 0 aliphatic rings. The van der Waals surface area contributed by atoms with Gasteiger partial charge in [-0.05, 0) is 58.3 Å². The van der Waals surface area contributed by atoms with Crippen LogP contribution in [0.4, 0.5) is 4.39 Å². The van der Waals surface area contributed by atoms with Crippen molar-refractivity contribution in [2.24, 2.45) is 0 Å². The summed E-state index contributed by atoms with van der Waals surface area (Å²) in [5.74, 6) is 0.801. The number of rotatable bonds is 6. The number of fused-ring (bicyclic) bond motifs is 2. The minimum Gasteiger partial charge on any atom is -0.493 e. The predicted molar refractivity (Wildman–Crippen MR) is 136 cm³/mol. The summed E-state index contributed by atoms with van der Waals surface area (Å²) in [6.45, 7) is 0.311. The van der Waals surface area contributed by atoms with E-state index in [0.29, 0.717) is 45.5 Å². The Balaban J connectivity index is 1.45. The lowest BCUT2D eigenvalue weighted by molar-refractivity contribution is 0.286. The summed E-state index contributed by atoms with van der Waals surface area (Å²) in [7, 11) is 1.53. The van der Waals surface area contributed by atoms with Gasteiger partial charge in [-0.15, -0.1) is 0 Å². The van der Waals surface area contributed by atoms with Gasteiger partial charge in [-0.1, -0.05) is 54.1 Å². The molecule has 172 valence electrons. The normalized spacial score (nSPS) is 11.5. The summed E-state index contributed by atoms with van der Waals surface area (Å²) in [6.07, 6.45) is 1.64. The fraction of sp³-hybridized carbons (Fsp3) is 0.0714. The highest BCUT2D eigenvalue weighted by molar-refractivity contribution is 6.32. The second kappa shape index (κ2) is 9.49. The number of halogens is 2. The quantitative estimate of drug-likeness (QED) is 0.260. The molecule has 7 heteroatoms. The molecular formula is C28H19ClFN3O2. The second-order valence-corrected chi connectivity index (χ2v) is 8.28. The molecule has 0 atom stereocenters. The molecule has 5 rings (SSSR count). The van der Waals surface area contributed by atoms with Gasteiger partial charge in [0.05, 0.1) is 28.7 Å². The SMILES string of the molecule is COc1cc(/C=C(/C#N)c2nc3ccc(F)cc3[nH]2)cc(Cl)c1OCc1cccc2ccccc12. The van der Waals surface area contributed by atoms with Crippen molar-refractivity contribution in [1.29, 1.82) is 5.26 Å². The van der Waals surface area contributed by atoms with Gasteiger partial charge >= 0.3 is 0 Å². The van der Waals surface area contributed by atoms with Gasteiger partial charge in [-0.2, -0.15) is 5.26 Å². The Labute approximate surface area is 206 Å². The van der Waals surface area contributed by atoms with Crippen LogP contribution < -0.4 is 9.47 Å². The minimum atomic E-state index is -0.384. The lowest BCUT2D eigenvalue weighted by Crippen LogP contribution is -2.00. The number of methoxy groups -OCH3 is 1. The third kappa shape index (κ3) is 4.54. The molecule has 5 nitrogen and oxygen atoms in total. The first-order valence-corrected chi connectivity index (χ1v) is 11.2. The Kier molecular flexibility index (Phi) is 6.09. The van der Waals surface area contributed by atoms with E-state index >= 15 is 0 Å². The van der Waals surface area contributed by atoms with E-state index in [-0.39, 0.29) is 11.4 Å². The minimum absolute atomic E-state index is 0.268. The molecule has 4 aromatic carbocycles. The summed E-state index contributed by atoms with van der Waals surface area (Å²) in [4.78, 5) is 7.37. The number of imidazole rings is 1. The van der Waals surface area contributed by atoms with Crippen LogP contribution in [0, 0.1) is 17.1 Å². The predicted octanol–water partition coefficient (Wildman–Crippen LogP) is 7.16. The molecule has 0 fully saturated rings. The van der Waals surface area contributed by atoms with E-state index < -0.39 is 0 Å². The van der Waals surface area contributed by atoms with Gasteiger partial charge in [-0.25, -0.2) is 9.37 Å². The van der Waals surface area contributed by atoms with Crippen molar-refractivity contribution in [1.82, 2.24) is 9.97 Å². The third-order valence-corrected chi connectivity index (χ3v) is 5.91. The van der Waals surface area contributed by atoms with Crippen LogP contribution in [0.25, 0.3) is 33.5 Å². The number of aromatic nitrogens is 2. The zero-order valence-electron chi connectivity index (χ0n) is 18.7. The zero-order chi connectivity index (χ0) is 24.4. The van der Waals surface area contributed by atoms with Crippen LogP contribution in [0.15, 0.2) is 72.8 Å². The number of nitrogens with one attached hydrogen (secondary N) is 1. The number of allylic oxidation sites excluding steroid dienone is 1. The summed E-state index contributed by atoms with van der Waals surface area (Å²) in [5.41, 5.74) is 3.00. The van der Waals surface area contributed by atoms with Crippen molar-refractivity contribution in [2.45, 2.75) is 6.61 Å². The molecule has 0 amide bonds. The van der Waals surface area contributed by atoms with Crippen LogP contribution in [0.5, 0.6) is 11.5 Å². The maximum absolute atomic E-state index is 13.5. The first kappa shape index (κ1) is 22.5. The highest BCUT2D eigenvalue weighted by Crippen LogP contribution is 2.38. The average molecular weight is 484 g/mol. The summed E-state index contributed by atoms with van der Waals surface area (Å²) in [6, 6.07) is 23.9. The topological polar surface area (TPSA) is 70.9 Å². The lowest BCUT2D eigenvalue weighted by atomic mass is 10.1. The van der Waals surface area contributed by atoms with E-state index in [4.69, 9.17) is 21.1 Å². The second-order valence-electron chi connectivity index (χ2n) is 7.88. The Morgan fingerprint density at radius 2 is 1.94 bits per heavy atom. The molecule has 0 saturated heterocycles. The van der Waals surface area contributed by atoms with Crippen LogP contribution in [0.3, 0.4) is 0 Å². The molecule has 5 aromatic rings. The molecule has 1 aromatic heterocycles. The molecule has 0 radical (unpaired) electrons. The van der Waals surface area contributed by atoms with E-state index in [1.807, 2.05) is 24.3 Å². The molecule has 0 saturated carbocycles. The van der Waals surface area contributed by atoms with E-state index in [9.17, 15) is 9.65 Å². The third-order valence-electron chi connectivity index (χ3n) is 5.63. The molecule has 35 heavy (non-hydrogen) atoms. The van der Waals surface area contributed by atoms with Crippen molar-refractivity contribution in [3.05, 3.63) is 101 Å². The fourth-order valence-corrected chi connectivity index (χ4v) is 4.23. The molecule has 1 N–H and O–H groups in total. The van der Waals surface area contributed by atoms with E-state index in [1.165, 1.54) is 19.2 Å². The van der Waals surface area contributed by atoms with Crippen LogP contribution in [-0.2, 0) is 6.61 Å².